The zero-order valence-corrected chi connectivity index (χ0v) is 11.0. The van der Waals surface area contributed by atoms with Gasteiger partial charge in [0.1, 0.15) is 0 Å². The molecule has 0 amide bonds. The van der Waals surface area contributed by atoms with Crippen molar-refractivity contribution in [2.24, 2.45) is 0 Å². The Bertz CT molecular complexity index is 648. The predicted molar refractivity (Wildman–Crippen MR) is 74.0 cm³/mol. The first kappa shape index (κ1) is 11.6. The van der Waals surface area contributed by atoms with Gasteiger partial charge in [0.05, 0.1) is 23.3 Å². The van der Waals surface area contributed by atoms with Crippen LogP contribution in [-0.2, 0) is 0 Å². The maximum Gasteiger partial charge on any atom is 0.0998 e. The number of hydrogen-bond acceptors (Lipinski definition) is 2. The molecule has 3 heteroatoms. The van der Waals surface area contributed by atoms with Crippen LogP contribution in [0.1, 0.15) is 11.1 Å². The van der Waals surface area contributed by atoms with Crippen LogP contribution in [0.5, 0.6) is 0 Å². The normalized spacial score (nSPS) is 9.35. The highest BCUT2D eigenvalue weighted by atomic mass is 127. The summed E-state index contributed by atoms with van der Waals surface area (Å²) in [6.07, 6.45) is 0. The summed E-state index contributed by atoms with van der Waals surface area (Å²) in [7, 11) is 0. The molecule has 0 saturated carbocycles. The lowest BCUT2D eigenvalue weighted by molar-refractivity contribution is 1.44. The fourth-order valence-corrected chi connectivity index (χ4v) is 2.15. The highest BCUT2D eigenvalue weighted by Crippen LogP contribution is 2.27. The smallest absolute Gasteiger partial charge is 0.0998 e. The minimum Gasteiger partial charge on any atom is -0.192 e. The molecule has 80 valence electrons. The maximum atomic E-state index is 9.13. The summed E-state index contributed by atoms with van der Waals surface area (Å²) in [5.74, 6) is 0. The lowest BCUT2D eigenvalue weighted by atomic mass is 9.96. The van der Waals surface area contributed by atoms with E-state index in [-0.39, 0.29) is 0 Å². The molecular formula is C14H7IN2. The molecule has 0 aliphatic rings. The lowest BCUT2D eigenvalue weighted by Gasteiger charge is -2.06. The van der Waals surface area contributed by atoms with E-state index in [0.717, 1.165) is 14.7 Å². The van der Waals surface area contributed by atoms with Crippen LogP contribution < -0.4 is 0 Å². The Hall–Kier alpha value is -1.85. The molecule has 2 aromatic rings. The van der Waals surface area contributed by atoms with E-state index in [1.54, 1.807) is 6.07 Å². The highest BCUT2D eigenvalue weighted by molar-refractivity contribution is 14.1. The second-order valence-electron chi connectivity index (χ2n) is 3.46. The van der Waals surface area contributed by atoms with Crippen molar-refractivity contribution < 1.29 is 0 Å². The second kappa shape index (κ2) is 4.99. The molecule has 2 aromatic carbocycles. The van der Waals surface area contributed by atoms with Crippen LogP contribution in [0.2, 0.25) is 0 Å². The summed E-state index contributed by atoms with van der Waals surface area (Å²) in [6.45, 7) is 0. The van der Waals surface area contributed by atoms with Gasteiger partial charge in [-0.25, -0.2) is 0 Å². The Morgan fingerprint density at radius 3 is 2.18 bits per heavy atom. The van der Waals surface area contributed by atoms with Gasteiger partial charge in [0.2, 0.25) is 0 Å². The van der Waals surface area contributed by atoms with Crippen LogP contribution >= 0.6 is 22.6 Å². The Labute approximate surface area is 113 Å². The van der Waals surface area contributed by atoms with Gasteiger partial charge in [0.15, 0.2) is 0 Å². The van der Waals surface area contributed by atoms with Crippen molar-refractivity contribution in [3.8, 4) is 23.3 Å². The number of benzene rings is 2. The van der Waals surface area contributed by atoms with E-state index in [9.17, 15) is 0 Å². The summed E-state index contributed by atoms with van der Waals surface area (Å²) in [5.41, 5.74) is 2.80. The van der Waals surface area contributed by atoms with E-state index in [0.29, 0.717) is 11.1 Å². The van der Waals surface area contributed by atoms with E-state index in [1.807, 2.05) is 36.4 Å². The Morgan fingerprint density at radius 1 is 0.824 bits per heavy atom. The molecule has 0 spiro atoms. The van der Waals surface area contributed by atoms with Crippen molar-refractivity contribution in [3.63, 3.8) is 0 Å². The summed E-state index contributed by atoms with van der Waals surface area (Å²) in [4.78, 5) is 0. The van der Waals surface area contributed by atoms with Gasteiger partial charge in [-0.1, -0.05) is 24.3 Å². The first-order valence-corrected chi connectivity index (χ1v) is 6.03. The van der Waals surface area contributed by atoms with Gasteiger partial charge in [-0.2, -0.15) is 10.5 Å². The van der Waals surface area contributed by atoms with Crippen molar-refractivity contribution in [2.45, 2.75) is 0 Å². The van der Waals surface area contributed by atoms with Crippen LogP contribution in [0.3, 0.4) is 0 Å². The summed E-state index contributed by atoms with van der Waals surface area (Å²) < 4.78 is 1.01. The Morgan fingerprint density at radius 2 is 1.47 bits per heavy atom. The number of nitriles is 2. The molecule has 0 aromatic heterocycles. The van der Waals surface area contributed by atoms with Crippen molar-refractivity contribution in [2.75, 3.05) is 0 Å². The Kier molecular flexibility index (Phi) is 3.41. The van der Waals surface area contributed by atoms with Crippen LogP contribution in [0, 0.1) is 26.2 Å². The monoisotopic (exact) mass is 330 g/mol. The third kappa shape index (κ3) is 2.30. The Balaban J connectivity index is 2.70. The quantitative estimate of drug-likeness (QED) is 0.749. The fourth-order valence-electron chi connectivity index (χ4n) is 1.66. The number of rotatable bonds is 1. The molecule has 0 N–H and O–H groups in total. The van der Waals surface area contributed by atoms with Crippen LogP contribution in [0.25, 0.3) is 11.1 Å². The molecular weight excluding hydrogens is 323 g/mol. The van der Waals surface area contributed by atoms with Gasteiger partial charge in [-0.3, -0.25) is 0 Å². The van der Waals surface area contributed by atoms with Crippen molar-refractivity contribution in [1.82, 2.24) is 0 Å². The summed E-state index contributed by atoms with van der Waals surface area (Å²) in [6, 6.07) is 17.3. The third-order valence-electron chi connectivity index (χ3n) is 2.44. The molecule has 0 heterocycles. The number of nitrogens with zero attached hydrogens (tertiary/aromatic N) is 2. The van der Waals surface area contributed by atoms with Gasteiger partial charge in [-0.05, 0) is 40.8 Å². The van der Waals surface area contributed by atoms with E-state index in [1.165, 1.54) is 0 Å². The third-order valence-corrected chi connectivity index (χ3v) is 3.11. The zero-order chi connectivity index (χ0) is 12.3. The standard InChI is InChI=1S/C14H7IN2/c15-12-5-6-14(11(7-12)9-17)13-4-2-1-3-10(13)8-16/h1-7H. The first-order valence-electron chi connectivity index (χ1n) is 4.95. The van der Waals surface area contributed by atoms with Gasteiger partial charge in [-0.15, -0.1) is 0 Å². The van der Waals surface area contributed by atoms with E-state index in [2.05, 4.69) is 34.7 Å². The largest absolute Gasteiger partial charge is 0.192 e. The molecule has 0 unspecified atom stereocenters. The number of halogens is 1. The van der Waals surface area contributed by atoms with Gasteiger partial charge in [0, 0.05) is 14.7 Å². The first-order chi connectivity index (χ1) is 8.26. The highest BCUT2D eigenvalue weighted by Gasteiger charge is 2.09. The minimum absolute atomic E-state index is 0.588. The van der Waals surface area contributed by atoms with E-state index >= 15 is 0 Å². The minimum atomic E-state index is 0.588. The molecule has 17 heavy (non-hydrogen) atoms. The molecule has 0 aliphatic carbocycles. The maximum absolute atomic E-state index is 9.13. The van der Waals surface area contributed by atoms with Crippen LogP contribution in [0.4, 0.5) is 0 Å². The SMILES string of the molecule is N#Cc1ccccc1-c1ccc(I)cc1C#N. The lowest BCUT2D eigenvalue weighted by Crippen LogP contribution is -1.89. The van der Waals surface area contributed by atoms with Crippen LogP contribution in [0.15, 0.2) is 42.5 Å². The molecule has 0 radical (unpaired) electrons. The zero-order valence-electron chi connectivity index (χ0n) is 8.81. The van der Waals surface area contributed by atoms with Gasteiger partial charge >= 0.3 is 0 Å². The molecule has 0 aliphatic heterocycles. The average molecular weight is 330 g/mol. The average Bonchev–Trinajstić information content (AvgIpc) is 2.38. The van der Waals surface area contributed by atoms with Crippen molar-refractivity contribution in [3.05, 3.63) is 57.2 Å². The van der Waals surface area contributed by atoms with Gasteiger partial charge < -0.3 is 0 Å². The fraction of sp³-hybridized carbons (Fsp3) is 0. The topological polar surface area (TPSA) is 47.6 Å². The molecule has 2 nitrogen and oxygen atoms in total. The summed E-state index contributed by atoms with van der Waals surface area (Å²) >= 11 is 2.17. The molecule has 0 bridgehead atoms. The van der Waals surface area contributed by atoms with Crippen molar-refractivity contribution >= 4 is 22.6 Å². The number of hydrogen-bond donors (Lipinski definition) is 0. The second-order valence-corrected chi connectivity index (χ2v) is 4.70. The molecule has 0 atom stereocenters. The van der Waals surface area contributed by atoms with E-state index < -0.39 is 0 Å². The van der Waals surface area contributed by atoms with Crippen LogP contribution in [-0.4, -0.2) is 0 Å². The molecule has 0 fully saturated rings. The van der Waals surface area contributed by atoms with Gasteiger partial charge in [0.25, 0.3) is 0 Å². The van der Waals surface area contributed by atoms with Crippen molar-refractivity contribution in [1.29, 1.82) is 10.5 Å². The van der Waals surface area contributed by atoms with E-state index in [4.69, 9.17) is 10.5 Å². The molecule has 2 rings (SSSR count). The predicted octanol–water partition coefficient (Wildman–Crippen LogP) is 3.70. The summed E-state index contributed by atoms with van der Waals surface area (Å²) in [5, 5.41) is 18.2. The molecule has 0 saturated heterocycles.